The number of alkyl halides is 3. The van der Waals surface area contributed by atoms with Crippen LogP contribution in [-0.4, -0.2) is 36.6 Å². The van der Waals surface area contributed by atoms with Crippen LogP contribution in [0.5, 0.6) is 0 Å². The summed E-state index contributed by atoms with van der Waals surface area (Å²) in [5.74, 6) is 0.400. The van der Waals surface area contributed by atoms with E-state index in [-0.39, 0.29) is 12.3 Å². The number of anilines is 1. The van der Waals surface area contributed by atoms with Crippen molar-refractivity contribution in [2.24, 2.45) is 5.92 Å². The van der Waals surface area contributed by atoms with Crippen LogP contribution >= 0.6 is 11.6 Å². The monoisotopic (exact) mass is 376 g/mol. The van der Waals surface area contributed by atoms with Crippen LogP contribution < -0.4 is 5.32 Å². The summed E-state index contributed by atoms with van der Waals surface area (Å²) in [5.41, 5.74) is 0.619. The summed E-state index contributed by atoms with van der Waals surface area (Å²) in [6.45, 7) is 2.13. The average molecular weight is 377 g/mol. The number of likely N-dealkylation sites (tertiary alicyclic amines) is 1. The van der Waals surface area contributed by atoms with Crippen LogP contribution in [0, 0.1) is 5.92 Å². The second-order valence-electron chi connectivity index (χ2n) is 6.57. The van der Waals surface area contributed by atoms with Crippen molar-refractivity contribution in [2.75, 3.05) is 25.0 Å². The first-order valence-corrected chi connectivity index (χ1v) is 9.05. The van der Waals surface area contributed by atoms with Gasteiger partial charge in [0.15, 0.2) is 0 Å². The molecule has 0 saturated carbocycles. The minimum Gasteiger partial charge on any atom is -0.325 e. The second-order valence-corrected chi connectivity index (χ2v) is 6.98. The molecule has 0 aromatic heterocycles. The Labute approximate surface area is 151 Å². The number of para-hydroxylation sites is 1. The van der Waals surface area contributed by atoms with Gasteiger partial charge in [-0.1, -0.05) is 23.7 Å². The van der Waals surface area contributed by atoms with Gasteiger partial charge in [-0.15, -0.1) is 0 Å². The van der Waals surface area contributed by atoms with Crippen molar-refractivity contribution in [2.45, 2.75) is 44.7 Å². The molecule has 0 bridgehead atoms. The highest BCUT2D eigenvalue weighted by Gasteiger charge is 2.27. The number of carbonyl (C=O) groups excluding carboxylic acids is 1. The number of amides is 1. The Kier molecular flexibility index (Phi) is 7.56. The lowest BCUT2D eigenvalue weighted by Gasteiger charge is -2.32. The fourth-order valence-electron chi connectivity index (χ4n) is 3.11. The summed E-state index contributed by atoms with van der Waals surface area (Å²) in [7, 11) is 0. The van der Waals surface area contributed by atoms with Gasteiger partial charge in [0.25, 0.3) is 0 Å². The van der Waals surface area contributed by atoms with Gasteiger partial charge in [0, 0.05) is 12.8 Å². The molecular weight excluding hydrogens is 353 g/mol. The Balaban J connectivity index is 1.62. The molecule has 1 aromatic carbocycles. The molecule has 0 aliphatic carbocycles. The molecule has 0 spiro atoms. The van der Waals surface area contributed by atoms with Gasteiger partial charge in [-0.2, -0.15) is 13.2 Å². The van der Waals surface area contributed by atoms with E-state index in [1.807, 2.05) is 6.07 Å². The number of halogens is 4. The first-order chi connectivity index (χ1) is 11.8. The molecule has 7 heteroatoms. The van der Waals surface area contributed by atoms with Gasteiger partial charge < -0.3 is 10.2 Å². The third kappa shape index (κ3) is 7.65. The maximum atomic E-state index is 12.2. The van der Waals surface area contributed by atoms with Gasteiger partial charge >= 0.3 is 6.18 Å². The molecule has 0 unspecified atom stereocenters. The predicted octanol–water partition coefficient (Wildman–Crippen LogP) is 5.11. The van der Waals surface area contributed by atoms with Crippen molar-refractivity contribution in [1.82, 2.24) is 4.90 Å². The summed E-state index contributed by atoms with van der Waals surface area (Å²) in [5, 5.41) is 3.33. The number of rotatable bonds is 7. The highest BCUT2D eigenvalue weighted by Crippen LogP contribution is 2.25. The van der Waals surface area contributed by atoms with Crippen molar-refractivity contribution < 1.29 is 18.0 Å². The Bertz CT molecular complexity index is 557. The van der Waals surface area contributed by atoms with Gasteiger partial charge in [0.05, 0.1) is 10.7 Å². The summed E-state index contributed by atoms with van der Waals surface area (Å²) < 4.78 is 36.5. The Morgan fingerprint density at radius 3 is 2.56 bits per heavy atom. The van der Waals surface area contributed by atoms with E-state index in [9.17, 15) is 18.0 Å². The molecule has 0 radical (unpaired) electrons. The maximum Gasteiger partial charge on any atom is 0.389 e. The molecule has 1 aliphatic rings. The first-order valence-electron chi connectivity index (χ1n) is 8.67. The third-order valence-electron chi connectivity index (χ3n) is 4.57. The smallest absolute Gasteiger partial charge is 0.325 e. The average Bonchev–Trinajstić information content (AvgIpc) is 2.55. The summed E-state index contributed by atoms with van der Waals surface area (Å²) in [4.78, 5) is 14.1. The Hall–Kier alpha value is -1.27. The molecule has 0 atom stereocenters. The van der Waals surface area contributed by atoms with E-state index in [4.69, 9.17) is 11.6 Å². The van der Waals surface area contributed by atoms with E-state index in [1.54, 1.807) is 18.2 Å². The normalized spacial score (nSPS) is 16.8. The molecule has 1 N–H and O–H groups in total. The lowest BCUT2D eigenvalue weighted by atomic mass is 9.92. The minimum absolute atomic E-state index is 0.0549. The van der Waals surface area contributed by atoms with E-state index < -0.39 is 12.6 Å². The molecule has 1 aliphatic heterocycles. The van der Waals surface area contributed by atoms with E-state index >= 15 is 0 Å². The molecule has 3 nitrogen and oxygen atoms in total. The van der Waals surface area contributed by atoms with Crippen LogP contribution in [0.25, 0.3) is 0 Å². The van der Waals surface area contributed by atoms with Gasteiger partial charge in [-0.25, -0.2) is 0 Å². The zero-order chi connectivity index (χ0) is 18.3. The lowest BCUT2D eigenvalue weighted by molar-refractivity contribution is -0.136. The van der Waals surface area contributed by atoms with E-state index in [0.717, 1.165) is 32.4 Å². The van der Waals surface area contributed by atoms with Gasteiger partial charge in [0.2, 0.25) is 5.91 Å². The maximum absolute atomic E-state index is 12.2. The number of hydrogen-bond acceptors (Lipinski definition) is 2. The predicted molar refractivity (Wildman–Crippen MR) is 93.8 cm³/mol. The highest BCUT2D eigenvalue weighted by molar-refractivity contribution is 6.33. The molecule has 1 heterocycles. The Morgan fingerprint density at radius 1 is 1.24 bits per heavy atom. The second kappa shape index (κ2) is 9.43. The lowest BCUT2D eigenvalue weighted by Crippen LogP contribution is -2.35. The van der Waals surface area contributed by atoms with Crippen LogP contribution in [-0.2, 0) is 4.79 Å². The summed E-state index contributed by atoms with van der Waals surface area (Å²) >= 11 is 6.01. The molecule has 2 rings (SSSR count). The van der Waals surface area contributed by atoms with Crippen LogP contribution in [0.1, 0.15) is 38.5 Å². The first kappa shape index (κ1) is 20.0. The van der Waals surface area contributed by atoms with Gasteiger partial charge in [-0.05, 0) is 63.4 Å². The van der Waals surface area contributed by atoms with Gasteiger partial charge in [-0.3, -0.25) is 4.79 Å². The number of piperidine rings is 1. The van der Waals surface area contributed by atoms with Crippen molar-refractivity contribution in [1.29, 1.82) is 0 Å². The number of nitrogens with zero attached hydrogens (tertiary/aromatic N) is 1. The number of hydrogen-bond donors (Lipinski definition) is 1. The molecule has 1 fully saturated rings. The topological polar surface area (TPSA) is 32.3 Å². The third-order valence-corrected chi connectivity index (χ3v) is 4.90. The van der Waals surface area contributed by atoms with E-state index in [0.29, 0.717) is 29.6 Å². The number of nitrogens with one attached hydrogen (secondary N) is 1. The SMILES string of the molecule is O=C(CCC1CCN(CCCC(F)(F)F)CC1)Nc1ccccc1Cl. The molecule has 1 amide bonds. The zero-order valence-corrected chi connectivity index (χ0v) is 14.9. The molecular formula is C18H24ClF3N2O. The summed E-state index contributed by atoms with van der Waals surface area (Å²) in [6.07, 6.45) is -1.51. The minimum atomic E-state index is -4.06. The number of carbonyl (C=O) groups is 1. The molecule has 140 valence electrons. The Morgan fingerprint density at radius 2 is 1.92 bits per heavy atom. The quantitative estimate of drug-likeness (QED) is 0.716. The van der Waals surface area contributed by atoms with Crippen molar-refractivity contribution in [3.8, 4) is 0 Å². The molecule has 1 saturated heterocycles. The fourth-order valence-corrected chi connectivity index (χ4v) is 3.30. The van der Waals surface area contributed by atoms with Crippen LogP contribution in [0.4, 0.5) is 18.9 Å². The van der Waals surface area contributed by atoms with Crippen LogP contribution in [0.3, 0.4) is 0 Å². The molecule has 25 heavy (non-hydrogen) atoms. The van der Waals surface area contributed by atoms with Gasteiger partial charge in [0.1, 0.15) is 0 Å². The van der Waals surface area contributed by atoms with Crippen LogP contribution in [0.15, 0.2) is 24.3 Å². The van der Waals surface area contributed by atoms with Crippen molar-refractivity contribution in [3.63, 3.8) is 0 Å². The standard InChI is InChI=1S/C18H24ClF3N2O/c19-15-4-1-2-5-16(15)23-17(25)7-6-14-8-12-24(13-9-14)11-3-10-18(20,21)22/h1-2,4-5,14H,3,6-13H2,(H,23,25). The van der Waals surface area contributed by atoms with E-state index in [1.165, 1.54) is 0 Å². The van der Waals surface area contributed by atoms with Crippen LogP contribution in [0.2, 0.25) is 5.02 Å². The van der Waals surface area contributed by atoms with Crippen molar-refractivity contribution in [3.05, 3.63) is 29.3 Å². The fraction of sp³-hybridized carbons (Fsp3) is 0.611. The largest absolute Gasteiger partial charge is 0.389 e. The zero-order valence-electron chi connectivity index (χ0n) is 14.1. The molecule has 1 aromatic rings. The van der Waals surface area contributed by atoms with Crippen molar-refractivity contribution >= 4 is 23.2 Å². The highest BCUT2D eigenvalue weighted by atomic mass is 35.5. The summed E-state index contributed by atoms with van der Waals surface area (Å²) in [6, 6.07) is 7.11. The number of benzene rings is 1. The van der Waals surface area contributed by atoms with E-state index in [2.05, 4.69) is 10.2 Å².